The van der Waals surface area contributed by atoms with Gasteiger partial charge in [0.05, 0.1) is 5.52 Å². The Kier molecular flexibility index (Phi) is 6.18. The number of aryl methyl sites for hydroxylation is 1. The Morgan fingerprint density at radius 2 is 1.64 bits per heavy atom. The van der Waals surface area contributed by atoms with Gasteiger partial charge in [-0.25, -0.2) is 5.48 Å². The molecule has 0 saturated heterocycles. The van der Waals surface area contributed by atoms with Gasteiger partial charge in [-0.1, -0.05) is 18.2 Å². The first-order valence-electron chi connectivity index (χ1n) is 9.01. The van der Waals surface area contributed by atoms with Crippen molar-refractivity contribution < 1.29 is 14.8 Å². The lowest BCUT2D eigenvalue weighted by Gasteiger charge is -2.11. The summed E-state index contributed by atoms with van der Waals surface area (Å²) in [6.45, 7) is 3.20. The van der Waals surface area contributed by atoms with Crippen LogP contribution in [0.15, 0.2) is 54.6 Å². The molecule has 0 aliphatic carbocycles. The van der Waals surface area contributed by atoms with E-state index in [-0.39, 0.29) is 11.5 Å². The standard InChI is InChI=1S/C21H22N4O3/c1-14-13-19(17-5-2-3-6-18(17)24-14)22-11-4-12-23-20(26)15-7-9-16(10-8-15)21(27)25-28/h2-3,5-10,13,28H,4,11-12H2,1H3,(H,22,24)(H,23,26)(H,25,27). The van der Waals surface area contributed by atoms with Gasteiger partial charge in [-0.2, -0.15) is 0 Å². The lowest BCUT2D eigenvalue weighted by Crippen LogP contribution is -2.26. The molecule has 3 rings (SSSR count). The third-order valence-electron chi connectivity index (χ3n) is 4.31. The molecule has 0 aliphatic heterocycles. The average molecular weight is 378 g/mol. The van der Waals surface area contributed by atoms with Crippen LogP contribution in [0.3, 0.4) is 0 Å². The topological polar surface area (TPSA) is 103 Å². The van der Waals surface area contributed by atoms with Crippen LogP contribution < -0.4 is 16.1 Å². The second-order valence-corrected chi connectivity index (χ2v) is 6.38. The molecule has 0 unspecified atom stereocenters. The molecule has 1 aromatic heterocycles. The predicted octanol–water partition coefficient (Wildman–Crippen LogP) is 2.89. The number of aromatic nitrogens is 1. The number of hydrogen-bond acceptors (Lipinski definition) is 5. The van der Waals surface area contributed by atoms with E-state index in [0.717, 1.165) is 28.7 Å². The highest BCUT2D eigenvalue weighted by Gasteiger charge is 2.08. The Balaban J connectivity index is 1.49. The summed E-state index contributed by atoms with van der Waals surface area (Å²) in [7, 11) is 0. The first-order chi connectivity index (χ1) is 13.6. The quantitative estimate of drug-likeness (QED) is 0.288. The molecule has 3 aromatic rings. The number of carbonyl (C=O) groups excluding carboxylic acids is 2. The van der Waals surface area contributed by atoms with Gasteiger partial charge in [0.25, 0.3) is 11.8 Å². The first-order valence-corrected chi connectivity index (χ1v) is 9.01. The number of fused-ring (bicyclic) bond motifs is 1. The Morgan fingerprint density at radius 1 is 0.964 bits per heavy atom. The minimum Gasteiger partial charge on any atom is -0.384 e. The van der Waals surface area contributed by atoms with Crippen molar-refractivity contribution in [1.82, 2.24) is 15.8 Å². The second kappa shape index (κ2) is 8.96. The maximum absolute atomic E-state index is 12.2. The summed E-state index contributed by atoms with van der Waals surface area (Å²) in [6, 6.07) is 16.1. The molecule has 2 aromatic carbocycles. The van der Waals surface area contributed by atoms with Gasteiger partial charge >= 0.3 is 0 Å². The highest BCUT2D eigenvalue weighted by Crippen LogP contribution is 2.22. The lowest BCUT2D eigenvalue weighted by molar-refractivity contribution is 0.0706. The van der Waals surface area contributed by atoms with Crippen molar-refractivity contribution in [2.75, 3.05) is 18.4 Å². The summed E-state index contributed by atoms with van der Waals surface area (Å²) in [4.78, 5) is 28.0. The summed E-state index contributed by atoms with van der Waals surface area (Å²) in [5.74, 6) is -0.821. The van der Waals surface area contributed by atoms with Crippen LogP contribution in [0.4, 0.5) is 5.69 Å². The molecule has 0 fully saturated rings. The molecule has 2 amide bonds. The zero-order chi connectivity index (χ0) is 19.9. The SMILES string of the molecule is Cc1cc(NCCCNC(=O)c2ccc(C(=O)NO)cc2)c2ccccc2n1. The van der Waals surface area contributed by atoms with Crippen LogP contribution in [0.25, 0.3) is 10.9 Å². The van der Waals surface area contributed by atoms with E-state index in [1.807, 2.05) is 37.3 Å². The van der Waals surface area contributed by atoms with Crippen LogP contribution in [-0.4, -0.2) is 35.1 Å². The van der Waals surface area contributed by atoms with Crippen LogP contribution in [0.1, 0.15) is 32.8 Å². The summed E-state index contributed by atoms with van der Waals surface area (Å²) in [5.41, 5.74) is 5.23. The Morgan fingerprint density at radius 3 is 2.36 bits per heavy atom. The summed E-state index contributed by atoms with van der Waals surface area (Å²) >= 11 is 0. The molecule has 0 radical (unpaired) electrons. The Bertz CT molecular complexity index is 987. The minimum atomic E-state index is -0.614. The van der Waals surface area contributed by atoms with Gasteiger partial charge in [-0.3, -0.25) is 19.8 Å². The van der Waals surface area contributed by atoms with Gasteiger partial charge in [0.2, 0.25) is 0 Å². The van der Waals surface area contributed by atoms with Gasteiger partial charge in [-0.05, 0) is 49.7 Å². The highest BCUT2D eigenvalue weighted by molar-refractivity contribution is 5.97. The molecule has 0 bridgehead atoms. The number of hydrogen-bond donors (Lipinski definition) is 4. The van der Waals surface area contributed by atoms with E-state index in [1.54, 1.807) is 17.6 Å². The number of amides is 2. The van der Waals surface area contributed by atoms with Crippen molar-refractivity contribution in [2.45, 2.75) is 13.3 Å². The van der Waals surface area contributed by atoms with Crippen molar-refractivity contribution >= 4 is 28.4 Å². The zero-order valence-electron chi connectivity index (χ0n) is 15.5. The highest BCUT2D eigenvalue weighted by atomic mass is 16.5. The molecule has 7 nitrogen and oxygen atoms in total. The molecule has 4 N–H and O–H groups in total. The van der Waals surface area contributed by atoms with Crippen LogP contribution in [-0.2, 0) is 0 Å². The van der Waals surface area contributed by atoms with Crippen LogP contribution in [0.5, 0.6) is 0 Å². The number of carbonyl (C=O) groups is 2. The van der Waals surface area contributed by atoms with E-state index >= 15 is 0 Å². The van der Waals surface area contributed by atoms with Crippen molar-refractivity contribution in [1.29, 1.82) is 0 Å². The maximum atomic E-state index is 12.2. The number of nitrogens with zero attached hydrogens (tertiary/aromatic N) is 1. The van der Waals surface area contributed by atoms with Gasteiger partial charge in [0, 0.05) is 41.0 Å². The smallest absolute Gasteiger partial charge is 0.274 e. The molecule has 0 aliphatic rings. The fourth-order valence-corrected chi connectivity index (χ4v) is 2.91. The van der Waals surface area contributed by atoms with E-state index in [2.05, 4.69) is 15.6 Å². The van der Waals surface area contributed by atoms with Crippen LogP contribution in [0.2, 0.25) is 0 Å². The molecule has 0 spiro atoms. The molecule has 0 atom stereocenters. The number of hydroxylamine groups is 1. The average Bonchev–Trinajstić information content (AvgIpc) is 2.72. The third-order valence-corrected chi connectivity index (χ3v) is 4.31. The number of pyridine rings is 1. The molecule has 0 saturated carbocycles. The summed E-state index contributed by atoms with van der Waals surface area (Å²) in [5, 5.41) is 15.9. The maximum Gasteiger partial charge on any atom is 0.274 e. The lowest BCUT2D eigenvalue weighted by atomic mass is 10.1. The van der Waals surface area contributed by atoms with E-state index < -0.39 is 5.91 Å². The number of benzene rings is 2. The van der Waals surface area contributed by atoms with Crippen molar-refractivity contribution in [2.24, 2.45) is 0 Å². The van der Waals surface area contributed by atoms with E-state index in [1.165, 1.54) is 12.1 Å². The third kappa shape index (κ3) is 4.63. The fraction of sp³-hybridized carbons (Fsp3) is 0.190. The number of anilines is 1. The van der Waals surface area contributed by atoms with Crippen LogP contribution >= 0.6 is 0 Å². The van der Waals surface area contributed by atoms with Crippen molar-refractivity contribution in [3.05, 3.63) is 71.4 Å². The zero-order valence-corrected chi connectivity index (χ0v) is 15.5. The first kappa shape index (κ1) is 19.3. The predicted molar refractivity (Wildman–Crippen MR) is 108 cm³/mol. The van der Waals surface area contributed by atoms with Gasteiger partial charge in [0.15, 0.2) is 0 Å². The largest absolute Gasteiger partial charge is 0.384 e. The van der Waals surface area contributed by atoms with Crippen LogP contribution in [0, 0.1) is 6.92 Å². The van der Waals surface area contributed by atoms with E-state index in [9.17, 15) is 9.59 Å². The van der Waals surface area contributed by atoms with Gasteiger partial charge in [-0.15, -0.1) is 0 Å². The Hall–Kier alpha value is -3.45. The van der Waals surface area contributed by atoms with Crippen molar-refractivity contribution in [3.8, 4) is 0 Å². The van der Waals surface area contributed by atoms with Gasteiger partial charge in [0.1, 0.15) is 0 Å². The summed E-state index contributed by atoms with van der Waals surface area (Å²) in [6.07, 6.45) is 0.756. The normalized spacial score (nSPS) is 10.5. The molecular weight excluding hydrogens is 356 g/mol. The molecular formula is C21H22N4O3. The molecule has 28 heavy (non-hydrogen) atoms. The monoisotopic (exact) mass is 378 g/mol. The Labute approximate surface area is 162 Å². The van der Waals surface area contributed by atoms with E-state index in [0.29, 0.717) is 18.7 Å². The van der Waals surface area contributed by atoms with Gasteiger partial charge < -0.3 is 10.6 Å². The molecule has 144 valence electrons. The minimum absolute atomic E-state index is 0.207. The van der Waals surface area contributed by atoms with E-state index in [4.69, 9.17) is 5.21 Å². The summed E-state index contributed by atoms with van der Waals surface area (Å²) < 4.78 is 0. The molecule has 1 heterocycles. The molecule has 7 heteroatoms. The number of rotatable bonds is 7. The fourth-order valence-electron chi connectivity index (χ4n) is 2.91. The number of nitrogens with one attached hydrogen (secondary N) is 3. The number of para-hydroxylation sites is 1. The van der Waals surface area contributed by atoms with Crippen molar-refractivity contribution in [3.63, 3.8) is 0 Å². The second-order valence-electron chi connectivity index (χ2n) is 6.38.